The van der Waals surface area contributed by atoms with E-state index in [1.54, 1.807) is 0 Å². The van der Waals surface area contributed by atoms with Crippen LogP contribution >= 0.6 is 0 Å². The molecule has 0 amide bonds. The molecule has 2 atom stereocenters. The van der Waals surface area contributed by atoms with Gasteiger partial charge in [0.2, 0.25) is 0 Å². The van der Waals surface area contributed by atoms with Crippen molar-refractivity contribution in [1.29, 1.82) is 0 Å². The van der Waals surface area contributed by atoms with Crippen LogP contribution in [0.5, 0.6) is 0 Å². The van der Waals surface area contributed by atoms with E-state index < -0.39 is 0 Å². The molecule has 0 unspecified atom stereocenters. The highest BCUT2D eigenvalue weighted by molar-refractivity contribution is 5.85. The van der Waals surface area contributed by atoms with Crippen molar-refractivity contribution in [2.45, 2.75) is 38.3 Å². The first-order valence-electron chi connectivity index (χ1n) is 8.63. The molecular formula is C21H22N2. The first kappa shape index (κ1) is 13.4. The molecule has 2 nitrogen and oxygen atoms in total. The molecule has 116 valence electrons. The zero-order valence-electron chi connectivity index (χ0n) is 13.8. The van der Waals surface area contributed by atoms with Crippen molar-refractivity contribution in [1.82, 2.24) is 9.88 Å². The van der Waals surface area contributed by atoms with Crippen LogP contribution in [0.1, 0.15) is 42.3 Å². The summed E-state index contributed by atoms with van der Waals surface area (Å²) in [6.07, 6.45) is 2.23. The molecule has 0 aliphatic carbocycles. The molecule has 2 aliphatic heterocycles. The summed E-state index contributed by atoms with van der Waals surface area (Å²) in [5.41, 5.74) is 7.33. The maximum absolute atomic E-state index is 3.77. The van der Waals surface area contributed by atoms with Crippen LogP contribution in [-0.4, -0.2) is 16.4 Å². The summed E-state index contributed by atoms with van der Waals surface area (Å²) in [5, 5.41) is 1.41. The van der Waals surface area contributed by atoms with Crippen LogP contribution in [0.25, 0.3) is 10.9 Å². The molecule has 5 rings (SSSR count). The van der Waals surface area contributed by atoms with Gasteiger partial charge in [0.15, 0.2) is 0 Å². The second kappa shape index (κ2) is 4.48. The van der Waals surface area contributed by atoms with Crippen molar-refractivity contribution in [2.75, 3.05) is 6.54 Å². The van der Waals surface area contributed by atoms with E-state index in [9.17, 15) is 0 Å². The summed E-state index contributed by atoms with van der Waals surface area (Å²) in [7, 11) is 0. The molecule has 3 heterocycles. The Morgan fingerprint density at radius 2 is 1.87 bits per heavy atom. The highest BCUT2D eigenvalue weighted by Gasteiger charge is 2.46. The van der Waals surface area contributed by atoms with Gasteiger partial charge in [-0.1, -0.05) is 42.5 Å². The van der Waals surface area contributed by atoms with Gasteiger partial charge in [0.1, 0.15) is 0 Å². The Labute approximate surface area is 137 Å². The molecule has 1 N–H and O–H groups in total. The number of rotatable bonds is 0. The molecule has 2 heteroatoms. The van der Waals surface area contributed by atoms with E-state index in [4.69, 9.17) is 0 Å². The van der Waals surface area contributed by atoms with Crippen LogP contribution in [0.4, 0.5) is 0 Å². The number of aromatic nitrogens is 1. The molecule has 1 aromatic heterocycles. The van der Waals surface area contributed by atoms with E-state index in [2.05, 4.69) is 72.3 Å². The third-order valence-corrected chi connectivity index (χ3v) is 6.10. The fourth-order valence-electron chi connectivity index (χ4n) is 4.99. The van der Waals surface area contributed by atoms with Gasteiger partial charge in [-0.2, -0.15) is 0 Å². The first-order valence-corrected chi connectivity index (χ1v) is 8.63. The minimum Gasteiger partial charge on any atom is -0.357 e. The topological polar surface area (TPSA) is 19.0 Å². The van der Waals surface area contributed by atoms with Crippen LogP contribution in [0.2, 0.25) is 0 Å². The fourth-order valence-corrected chi connectivity index (χ4v) is 4.99. The lowest BCUT2D eigenvalue weighted by molar-refractivity contribution is 0.0329. The van der Waals surface area contributed by atoms with Gasteiger partial charge in [-0.25, -0.2) is 0 Å². The number of H-pyrrole nitrogens is 1. The minimum atomic E-state index is 0.0698. The van der Waals surface area contributed by atoms with Gasteiger partial charge in [0, 0.05) is 29.2 Å². The number of hydrogen-bond acceptors (Lipinski definition) is 1. The Hall–Kier alpha value is -2.06. The van der Waals surface area contributed by atoms with Crippen molar-refractivity contribution < 1.29 is 0 Å². The van der Waals surface area contributed by atoms with Crippen LogP contribution in [-0.2, 0) is 18.4 Å². The molecule has 0 bridgehead atoms. The maximum atomic E-state index is 3.77. The van der Waals surface area contributed by atoms with Crippen LogP contribution in [0.15, 0.2) is 48.5 Å². The van der Waals surface area contributed by atoms with Gasteiger partial charge >= 0.3 is 0 Å². The Morgan fingerprint density at radius 1 is 1.09 bits per heavy atom. The van der Waals surface area contributed by atoms with Gasteiger partial charge in [0.05, 0.1) is 5.54 Å². The van der Waals surface area contributed by atoms with Gasteiger partial charge in [-0.05, 0) is 49.4 Å². The average Bonchev–Trinajstić information content (AvgIpc) is 2.95. The molecule has 3 aromatic rings. The quantitative estimate of drug-likeness (QED) is 0.645. The minimum absolute atomic E-state index is 0.0698. The van der Waals surface area contributed by atoms with E-state index in [1.807, 2.05) is 0 Å². The van der Waals surface area contributed by atoms with E-state index in [0.29, 0.717) is 6.04 Å². The standard InChI is InChI=1S/C21H22N2/c1-14-16-8-4-3-7-15(16)13-21(2)20-18(11-12-23(14)21)17-9-5-6-10-19(17)22-20/h3-10,14,22H,11-13H2,1-2H3/t14-,21-/m0/s1. The van der Waals surface area contributed by atoms with E-state index in [-0.39, 0.29) is 5.54 Å². The number of hydrogen-bond donors (Lipinski definition) is 1. The number of para-hydroxylation sites is 1. The highest BCUT2D eigenvalue weighted by atomic mass is 15.2. The van der Waals surface area contributed by atoms with Gasteiger partial charge in [-0.3, -0.25) is 4.90 Å². The van der Waals surface area contributed by atoms with Gasteiger partial charge < -0.3 is 4.98 Å². The first-order chi connectivity index (χ1) is 11.2. The Balaban J connectivity index is 1.75. The highest BCUT2D eigenvalue weighted by Crippen LogP contribution is 2.48. The molecule has 2 aliphatic rings. The number of nitrogens with zero attached hydrogens (tertiary/aromatic N) is 1. The number of nitrogens with one attached hydrogen (secondary N) is 1. The molecule has 0 saturated carbocycles. The third kappa shape index (κ3) is 1.67. The number of benzene rings is 2. The summed E-state index contributed by atoms with van der Waals surface area (Å²) >= 11 is 0. The number of aromatic amines is 1. The second-order valence-electron chi connectivity index (χ2n) is 7.29. The van der Waals surface area contributed by atoms with Crippen molar-refractivity contribution >= 4 is 10.9 Å². The van der Waals surface area contributed by atoms with E-state index in [0.717, 1.165) is 19.4 Å². The summed E-state index contributed by atoms with van der Waals surface area (Å²) in [6.45, 7) is 5.93. The van der Waals surface area contributed by atoms with Crippen LogP contribution in [0.3, 0.4) is 0 Å². The second-order valence-corrected chi connectivity index (χ2v) is 7.29. The van der Waals surface area contributed by atoms with Crippen molar-refractivity contribution in [2.24, 2.45) is 0 Å². The zero-order chi connectivity index (χ0) is 15.6. The largest absolute Gasteiger partial charge is 0.357 e. The maximum Gasteiger partial charge on any atom is 0.0631 e. The molecule has 2 aromatic carbocycles. The molecule has 0 radical (unpaired) electrons. The predicted molar refractivity (Wildman–Crippen MR) is 94.6 cm³/mol. The number of fused-ring (bicyclic) bond motifs is 6. The average molecular weight is 302 g/mol. The SMILES string of the molecule is C[C@H]1c2ccccc2C[C@@]2(C)c3[nH]c4ccccc4c3CCN12. The monoisotopic (exact) mass is 302 g/mol. The predicted octanol–water partition coefficient (Wildman–Crippen LogP) is 4.56. The van der Waals surface area contributed by atoms with E-state index in [1.165, 1.54) is 33.3 Å². The summed E-state index contributed by atoms with van der Waals surface area (Å²) < 4.78 is 0. The van der Waals surface area contributed by atoms with E-state index >= 15 is 0 Å². The third-order valence-electron chi connectivity index (χ3n) is 6.10. The van der Waals surface area contributed by atoms with Crippen molar-refractivity contribution in [3.63, 3.8) is 0 Å². The Kier molecular flexibility index (Phi) is 2.61. The lowest BCUT2D eigenvalue weighted by atomic mass is 9.75. The lowest BCUT2D eigenvalue weighted by Gasteiger charge is -2.52. The van der Waals surface area contributed by atoms with Crippen molar-refractivity contribution in [3.05, 3.63) is 70.9 Å². The van der Waals surface area contributed by atoms with Crippen molar-refractivity contribution in [3.8, 4) is 0 Å². The van der Waals surface area contributed by atoms with Crippen LogP contribution < -0.4 is 0 Å². The molecule has 0 spiro atoms. The summed E-state index contributed by atoms with van der Waals surface area (Å²) in [4.78, 5) is 6.47. The Bertz CT molecular complexity index is 907. The normalized spacial score (nSPS) is 26.6. The smallest absolute Gasteiger partial charge is 0.0631 e. The summed E-state index contributed by atoms with van der Waals surface area (Å²) in [5.74, 6) is 0. The lowest BCUT2D eigenvalue weighted by Crippen LogP contribution is -2.53. The zero-order valence-corrected chi connectivity index (χ0v) is 13.8. The molecular weight excluding hydrogens is 280 g/mol. The van der Waals surface area contributed by atoms with Gasteiger partial charge in [0.25, 0.3) is 0 Å². The molecule has 0 saturated heterocycles. The summed E-state index contributed by atoms with van der Waals surface area (Å²) in [6, 6.07) is 18.2. The van der Waals surface area contributed by atoms with Gasteiger partial charge in [-0.15, -0.1) is 0 Å². The fraction of sp³-hybridized carbons (Fsp3) is 0.333. The molecule has 23 heavy (non-hydrogen) atoms. The van der Waals surface area contributed by atoms with Crippen LogP contribution in [0, 0.1) is 0 Å². The molecule has 0 fully saturated rings. The Morgan fingerprint density at radius 3 is 2.78 bits per heavy atom.